The van der Waals surface area contributed by atoms with Gasteiger partial charge in [0.25, 0.3) is 0 Å². The summed E-state index contributed by atoms with van der Waals surface area (Å²) in [5.41, 5.74) is 2.26. The summed E-state index contributed by atoms with van der Waals surface area (Å²) in [7, 11) is -3.79. The number of sulfonamides is 1. The first-order chi connectivity index (χ1) is 9.50. The van der Waals surface area contributed by atoms with Gasteiger partial charge in [0.05, 0.1) is 30.9 Å². The van der Waals surface area contributed by atoms with Gasteiger partial charge in [-0.2, -0.15) is 4.31 Å². The zero-order valence-corrected chi connectivity index (χ0v) is 12.1. The molecule has 1 aromatic heterocycles. The van der Waals surface area contributed by atoms with Crippen molar-refractivity contribution in [2.45, 2.75) is 10.9 Å². The number of nitrogen functional groups attached to an aromatic ring is 1. The third-order valence-corrected chi connectivity index (χ3v) is 5.15. The van der Waals surface area contributed by atoms with E-state index in [0.717, 1.165) is 0 Å². The van der Waals surface area contributed by atoms with Gasteiger partial charge in [0.1, 0.15) is 4.90 Å². The number of aliphatic hydroxyl groups excluding tert-OH is 1. The topological polar surface area (TPSA) is 118 Å². The van der Waals surface area contributed by atoms with E-state index in [4.69, 9.17) is 22.2 Å². The number of rotatable bonds is 4. The normalized spacial score (nSPS) is 20.9. The highest BCUT2D eigenvalue weighted by atomic mass is 35.5. The van der Waals surface area contributed by atoms with Gasteiger partial charge >= 0.3 is 0 Å². The molecule has 1 fully saturated rings. The summed E-state index contributed by atoms with van der Waals surface area (Å²) < 4.78 is 31.4. The molecule has 1 aromatic rings. The van der Waals surface area contributed by atoms with Crippen LogP contribution in [-0.4, -0.2) is 55.2 Å². The van der Waals surface area contributed by atoms with E-state index in [9.17, 15) is 13.5 Å². The standard InChI is InChI=1S/C10H15ClN4O4S/c11-9-3-8(4-13-10(9)14-12)20(17,18)15-1-2-19-6-7(15)5-16/h3-4,7,16H,1-2,5-6,12H2,(H,13,14). The maximum Gasteiger partial charge on any atom is 0.245 e. The maximum absolute atomic E-state index is 12.5. The van der Waals surface area contributed by atoms with Gasteiger partial charge in [-0.1, -0.05) is 11.6 Å². The van der Waals surface area contributed by atoms with Crippen LogP contribution in [0.3, 0.4) is 0 Å². The van der Waals surface area contributed by atoms with Gasteiger partial charge in [-0.15, -0.1) is 0 Å². The Hall–Kier alpha value is -0.970. The predicted molar refractivity (Wildman–Crippen MR) is 72.6 cm³/mol. The number of aromatic nitrogens is 1. The van der Waals surface area contributed by atoms with Crippen molar-refractivity contribution in [2.75, 3.05) is 31.8 Å². The molecule has 0 spiro atoms. The minimum Gasteiger partial charge on any atom is -0.395 e. The number of nitrogens with two attached hydrogens (primary N) is 1. The first-order valence-electron chi connectivity index (χ1n) is 5.83. The molecule has 1 saturated heterocycles. The van der Waals surface area contributed by atoms with E-state index in [-0.39, 0.29) is 42.1 Å². The minimum absolute atomic E-state index is 0.0538. The number of hydrogen-bond acceptors (Lipinski definition) is 7. The van der Waals surface area contributed by atoms with E-state index in [1.165, 1.54) is 16.6 Å². The van der Waals surface area contributed by atoms with Crippen LogP contribution in [0.1, 0.15) is 0 Å². The first-order valence-corrected chi connectivity index (χ1v) is 7.65. The molecule has 2 heterocycles. The molecule has 0 saturated carbocycles. The van der Waals surface area contributed by atoms with Gasteiger partial charge in [0, 0.05) is 12.7 Å². The molecular weight excluding hydrogens is 308 g/mol. The summed E-state index contributed by atoms with van der Waals surface area (Å²) in [5, 5.41) is 9.35. The lowest BCUT2D eigenvalue weighted by Crippen LogP contribution is -2.50. The minimum atomic E-state index is -3.79. The molecule has 2 rings (SSSR count). The fourth-order valence-electron chi connectivity index (χ4n) is 1.90. The van der Waals surface area contributed by atoms with E-state index in [1.807, 2.05) is 0 Å². The molecule has 0 aliphatic carbocycles. The lowest BCUT2D eigenvalue weighted by Gasteiger charge is -2.33. The number of pyridine rings is 1. The van der Waals surface area contributed by atoms with Gasteiger partial charge in [-0.3, -0.25) is 0 Å². The number of anilines is 1. The summed E-state index contributed by atoms with van der Waals surface area (Å²) in [5.74, 6) is 5.38. The number of hydrazine groups is 1. The molecule has 0 radical (unpaired) electrons. The Morgan fingerprint density at radius 1 is 1.65 bits per heavy atom. The number of aliphatic hydroxyl groups is 1. The third-order valence-electron chi connectivity index (χ3n) is 2.94. The van der Waals surface area contributed by atoms with Gasteiger partial charge < -0.3 is 15.3 Å². The molecule has 112 valence electrons. The van der Waals surface area contributed by atoms with E-state index < -0.39 is 16.1 Å². The fourth-order valence-corrected chi connectivity index (χ4v) is 3.75. The molecule has 1 atom stereocenters. The zero-order valence-electron chi connectivity index (χ0n) is 10.5. The Balaban J connectivity index is 2.36. The van der Waals surface area contributed by atoms with Crippen LogP contribution in [0.15, 0.2) is 17.2 Å². The fraction of sp³-hybridized carbons (Fsp3) is 0.500. The van der Waals surface area contributed by atoms with E-state index in [1.54, 1.807) is 0 Å². The van der Waals surface area contributed by atoms with Crippen molar-refractivity contribution >= 4 is 27.4 Å². The van der Waals surface area contributed by atoms with Crippen molar-refractivity contribution in [1.29, 1.82) is 0 Å². The lowest BCUT2D eigenvalue weighted by molar-refractivity contribution is 0.0109. The Morgan fingerprint density at radius 2 is 2.40 bits per heavy atom. The quantitative estimate of drug-likeness (QED) is 0.500. The molecular formula is C10H15ClN4O4S. The van der Waals surface area contributed by atoms with Crippen LogP contribution >= 0.6 is 11.6 Å². The number of ether oxygens (including phenoxy) is 1. The highest BCUT2D eigenvalue weighted by Crippen LogP contribution is 2.25. The largest absolute Gasteiger partial charge is 0.395 e. The lowest BCUT2D eigenvalue weighted by atomic mass is 10.3. The molecule has 0 amide bonds. The molecule has 4 N–H and O–H groups in total. The number of morpholine rings is 1. The highest BCUT2D eigenvalue weighted by molar-refractivity contribution is 7.89. The van der Waals surface area contributed by atoms with Gasteiger partial charge in [0.2, 0.25) is 10.0 Å². The number of nitrogens with zero attached hydrogens (tertiary/aromatic N) is 2. The van der Waals surface area contributed by atoms with E-state index >= 15 is 0 Å². The molecule has 8 nitrogen and oxygen atoms in total. The smallest absolute Gasteiger partial charge is 0.245 e. The molecule has 20 heavy (non-hydrogen) atoms. The highest BCUT2D eigenvalue weighted by Gasteiger charge is 2.34. The van der Waals surface area contributed by atoms with Crippen LogP contribution < -0.4 is 11.3 Å². The summed E-state index contributed by atoms with van der Waals surface area (Å²) in [6, 6.07) is 0.656. The van der Waals surface area contributed by atoms with Crippen LogP contribution in [0.5, 0.6) is 0 Å². The van der Waals surface area contributed by atoms with Gasteiger partial charge in [0.15, 0.2) is 5.82 Å². The van der Waals surface area contributed by atoms with Crippen molar-refractivity contribution in [3.63, 3.8) is 0 Å². The second-order valence-electron chi connectivity index (χ2n) is 4.17. The molecule has 1 unspecified atom stereocenters. The van der Waals surface area contributed by atoms with Crippen LogP contribution in [0.25, 0.3) is 0 Å². The summed E-state index contributed by atoms with van der Waals surface area (Å²) in [6.07, 6.45) is 1.17. The number of halogens is 1. The average molecular weight is 323 g/mol. The van der Waals surface area contributed by atoms with Crippen LogP contribution in [0.2, 0.25) is 5.02 Å². The van der Waals surface area contributed by atoms with E-state index in [2.05, 4.69) is 10.4 Å². The Morgan fingerprint density at radius 3 is 3.00 bits per heavy atom. The summed E-state index contributed by atoms with van der Waals surface area (Å²) in [4.78, 5) is 3.79. The average Bonchev–Trinajstić information content (AvgIpc) is 2.47. The van der Waals surface area contributed by atoms with Crippen LogP contribution in [-0.2, 0) is 14.8 Å². The van der Waals surface area contributed by atoms with Crippen molar-refractivity contribution in [2.24, 2.45) is 5.84 Å². The van der Waals surface area contributed by atoms with Crippen LogP contribution in [0, 0.1) is 0 Å². The summed E-state index contributed by atoms with van der Waals surface area (Å²) in [6.45, 7) is 0.281. The molecule has 0 aromatic carbocycles. The second-order valence-corrected chi connectivity index (χ2v) is 6.47. The van der Waals surface area contributed by atoms with Crippen molar-refractivity contribution < 1.29 is 18.3 Å². The number of hydrogen-bond donors (Lipinski definition) is 3. The van der Waals surface area contributed by atoms with Crippen molar-refractivity contribution in [1.82, 2.24) is 9.29 Å². The zero-order chi connectivity index (χ0) is 14.8. The molecule has 1 aliphatic heterocycles. The molecule has 0 bridgehead atoms. The predicted octanol–water partition coefficient (Wildman–Crippen LogP) is -0.598. The van der Waals surface area contributed by atoms with Crippen molar-refractivity contribution in [3.05, 3.63) is 17.3 Å². The molecule has 10 heteroatoms. The van der Waals surface area contributed by atoms with Gasteiger partial charge in [-0.05, 0) is 6.07 Å². The molecule has 1 aliphatic rings. The van der Waals surface area contributed by atoms with E-state index in [0.29, 0.717) is 0 Å². The Bertz CT molecular complexity index is 583. The second kappa shape index (κ2) is 6.20. The van der Waals surface area contributed by atoms with Gasteiger partial charge in [-0.25, -0.2) is 19.2 Å². The number of nitrogens with one attached hydrogen (secondary N) is 1. The third kappa shape index (κ3) is 2.87. The maximum atomic E-state index is 12.5. The Labute approximate surface area is 121 Å². The van der Waals surface area contributed by atoms with Crippen molar-refractivity contribution in [3.8, 4) is 0 Å². The van der Waals surface area contributed by atoms with Crippen LogP contribution in [0.4, 0.5) is 5.82 Å². The summed E-state index contributed by atoms with van der Waals surface area (Å²) >= 11 is 5.88. The first kappa shape index (κ1) is 15.4. The SMILES string of the molecule is NNc1ncc(S(=O)(=O)N2CCOCC2CO)cc1Cl. The monoisotopic (exact) mass is 322 g/mol. The Kier molecular flexibility index (Phi) is 4.78.